The molecule has 0 unspecified atom stereocenters. The second-order valence-corrected chi connectivity index (χ2v) is 15.7. The van der Waals surface area contributed by atoms with Gasteiger partial charge >= 0.3 is 6.18 Å². The number of rotatable bonds is 10. The standard InChI is InChI=1S/C30H34ClF4N3O3S/c1-26(2,15-30(33,34)35)13-23(39)24-27(3,4)37-25(36-24)28-16-29(17-28,18-28)38(14-19-10-11-21(31)22(32)12-19)42(40,41)20-8-6-5-7-9-20/h5-12,24H,13-18H2,1-4H3,(H,36,37)/t24-,28?,29?/m0/s1. The Morgan fingerprint density at radius 1 is 1.10 bits per heavy atom. The first-order valence-corrected chi connectivity index (χ1v) is 15.6. The van der Waals surface area contributed by atoms with Crippen LogP contribution in [-0.4, -0.2) is 47.6 Å². The number of sulfonamides is 1. The number of benzene rings is 2. The molecular formula is C30H34ClF4N3O3S. The molecule has 0 aromatic heterocycles. The number of nitrogens with zero attached hydrogens (tertiary/aromatic N) is 2. The summed E-state index contributed by atoms with van der Waals surface area (Å²) >= 11 is 5.85. The van der Waals surface area contributed by atoms with Gasteiger partial charge in [-0.2, -0.15) is 17.5 Å². The monoisotopic (exact) mass is 627 g/mol. The molecule has 1 atom stereocenters. The molecule has 0 radical (unpaired) electrons. The minimum Gasteiger partial charge on any atom is -0.366 e. The first kappa shape index (κ1) is 30.9. The molecule has 2 bridgehead atoms. The van der Waals surface area contributed by atoms with Gasteiger partial charge in [0.1, 0.15) is 17.7 Å². The largest absolute Gasteiger partial charge is 0.389 e. The van der Waals surface area contributed by atoms with Crippen LogP contribution in [0.3, 0.4) is 0 Å². The average Bonchev–Trinajstić information content (AvgIpc) is 3.12. The molecule has 1 heterocycles. The molecule has 6 nitrogen and oxygen atoms in total. The number of hydrogen-bond donors (Lipinski definition) is 1. The zero-order chi connectivity index (χ0) is 30.9. The number of alkyl halides is 3. The van der Waals surface area contributed by atoms with Crippen LogP contribution in [0.5, 0.6) is 0 Å². The number of Topliss-reactive ketones (excluding diaryl/α,β-unsaturated/α-hetero) is 1. The van der Waals surface area contributed by atoms with Crippen molar-refractivity contribution < 1.29 is 30.8 Å². The van der Waals surface area contributed by atoms with Gasteiger partial charge in [-0.3, -0.25) is 9.79 Å². The third-order valence-electron chi connectivity index (χ3n) is 8.69. The van der Waals surface area contributed by atoms with Crippen molar-refractivity contribution in [3.05, 3.63) is 64.9 Å². The van der Waals surface area contributed by atoms with Gasteiger partial charge in [0.2, 0.25) is 10.0 Å². The van der Waals surface area contributed by atoms with Crippen molar-refractivity contribution >= 4 is 33.2 Å². The Hall–Kier alpha value is -2.50. The second-order valence-electron chi connectivity index (χ2n) is 13.4. The van der Waals surface area contributed by atoms with Crippen LogP contribution >= 0.6 is 11.6 Å². The lowest BCUT2D eigenvalue weighted by Crippen LogP contribution is -2.78. The molecule has 3 saturated carbocycles. The minimum atomic E-state index is -4.38. The van der Waals surface area contributed by atoms with E-state index in [1.807, 2.05) is 0 Å². The van der Waals surface area contributed by atoms with Gasteiger partial charge in [-0.25, -0.2) is 12.8 Å². The summed E-state index contributed by atoms with van der Waals surface area (Å²) < 4.78 is 82.6. The van der Waals surface area contributed by atoms with Crippen molar-refractivity contribution in [2.45, 2.75) is 94.5 Å². The number of halogens is 5. The van der Waals surface area contributed by atoms with E-state index >= 15 is 0 Å². The predicted octanol–water partition coefficient (Wildman–Crippen LogP) is 6.68. The van der Waals surface area contributed by atoms with Gasteiger partial charge in [-0.05, 0) is 68.4 Å². The zero-order valence-electron chi connectivity index (χ0n) is 23.9. The molecular weight excluding hydrogens is 594 g/mol. The molecule has 3 fully saturated rings. The summed E-state index contributed by atoms with van der Waals surface area (Å²) in [6.07, 6.45) is -4.37. The van der Waals surface area contributed by atoms with E-state index in [-0.39, 0.29) is 28.7 Å². The number of hydrogen-bond acceptors (Lipinski definition) is 5. The summed E-state index contributed by atoms with van der Waals surface area (Å²) in [4.78, 5) is 18.1. The fourth-order valence-electron chi connectivity index (χ4n) is 6.89. The third-order valence-corrected chi connectivity index (χ3v) is 11.0. The average molecular weight is 628 g/mol. The van der Waals surface area contributed by atoms with Crippen LogP contribution in [0.25, 0.3) is 0 Å². The molecule has 12 heteroatoms. The highest BCUT2D eigenvalue weighted by molar-refractivity contribution is 7.89. The molecule has 0 amide bonds. The summed E-state index contributed by atoms with van der Waals surface area (Å²) in [5, 5.41) is 3.28. The van der Waals surface area contributed by atoms with Crippen LogP contribution in [0, 0.1) is 16.6 Å². The predicted molar refractivity (Wildman–Crippen MR) is 152 cm³/mol. The number of ketones is 1. The highest BCUT2D eigenvalue weighted by Gasteiger charge is 2.75. The molecule has 1 aliphatic heterocycles. The zero-order valence-corrected chi connectivity index (χ0v) is 25.4. The summed E-state index contributed by atoms with van der Waals surface area (Å²) in [6, 6.07) is 11.4. The van der Waals surface area contributed by atoms with Crippen LogP contribution in [0.1, 0.15) is 65.4 Å². The maximum atomic E-state index is 14.3. The Morgan fingerprint density at radius 3 is 2.29 bits per heavy atom. The van der Waals surface area contributed by atoms with E-state index in [0.29, 0.717) is 30.7 Å². The van der Waals surface area contributed by atoms with Crippen molar-refractivity contribution in [3.8, 4) is 0 Å². The molecule has 42 heavy (non-hydrogen) atoms. The molecule has 0 spiro atoms. The topological polar surface area (TPSA) is 78.8 Å². The fraction of sp³-hybridized carbons (Fsp3) is 0.533. The molecule has 2 aromatic rings. The van der Waals surface area contributed by atoms with E-state index in [9.17, 15) is 30.8 Å². The normalized spacial score (nSPS) is 26.7. The third kappa shape index (κ3) is 5.59. The van der Waals surface area contributed by atoms with Crippen LogP contribution in [0.15, 0.2) is 58.4 Å². The maximum absolute atomic E-state index is 14.3. The first-order valence-electron chi connectivity index (χ1n) is 13.8. The van der Waals surface area contributed by atoms with Crippen molar-refractivity contribution in [3.63, 3.8) is 0 Å². The van der Waals surface area contributed by atoms with Gasteiger partial charge in [0.15, 0.2) is 5.78 Å². The van der Waals surface area contributed by atoms with Crippen LogP contribution in [0.4, 0.5) is 17.6 Å². The summed E-state index contributed by atoms with van der Waals surface area (Å²) in [5.41, 5.74) is -2.81. The Labute approximate surface area is 248 Å². The van der Waals surface area contributed by atoms with Gasteiger partial charge in [0.05, 0.1) is 15.5 Å². The molecule has 3 aliphatic carbocycles. The van der Waals surface area contributed by atoms with E-state index < -0.39 is 56.4 Å². The number of nitrogens with one attached hydrogen (secondary N) is 1. The number of carbonyl (C=O) groups excluding carboxylic acids is 1. The van der Waals surface area contributed by atoms with E-state index in [0.717, 1.165) is 0 Å². The molecule has 2 aromatic carbocycles. The molecule has 1 N–H and O–H groups in total. The highest BCUT2D eigenvalue weighted by Crippen LogP contribution is 2.71. The van der Waals surface area contributed by atoms with Gasteiger partial charge < -0.3 is 5.32 Å². The SMILES string of the molecule is CC(C)(CC(=O)[C@@H]1N=C(C23CC(N(Cc4ccc(Cl)c(F)c4)S(=O)(=O)c4ccccc4)(C2)C3)NC1(C)C)CC(F)(F)F. The van der Waals surface area contributed by atoms with Crippen molar-refractivity contribution in [2.75, 3.05) is 0 Å². The minimum absolute atomic E-state index is 0.0534. The van der Waals surface area contributed by atoms with E-state index in [1.54, 1.807) is 38.1 Å². The van der Waals surface area contributed by atoms with Crippen LogP contribution in [0.2, 0.25) is 5.02 Å². The Bertz CT molecular complexity index is 1520. The number of carbonyl (C=O) groups is 1. The lowest BCUT2D eigenvalue weighted by Gasteiger charge is -2.73. The van der Waals surface area contributed by atoms with Gasteiger partial charge in [-0.15, -0.1) is 0 Å². The fourth-order valence-corrected chi connectivity index (χ4v) is 8.79. The van der Waals surface area contributed by atoms with Gasteiger partial charge in [0, 0.05) is 30.3 Å². The van der Waals surface area contributed by atoms with E-state index in [4.69, 9.17) is 16.6 Å². The summed E-state index contributed by atoms with van der Waals surface area (Å²) in [6.45, 7) is 6.40. The van der Waals surface area contributed by atoms with E-state index in [1.165, 1.54) is 42.4 Å². The first-order chi connectivity index (χ1) is 19.3. The molecule has 4 aliphatic rings. The Morgan fingerprint density at radius 2 is 1.71 bits per heavy atom. The van der Waals surface area contributed by atoms with Gasteiger partial charge in [0.25, 0.3) is 0 Å². The smallest absolute Gasteiger partial charge is 0.366 e. The van der Waals surface area contributed by atoms with Crippen molar-refractivity contribution in [1.29, 1.82) is 0 Å². The summed E-state index contributed by atoms with van der Waals surface area (Å²) in [7, 11) is -3.96. The summed E-state index contributed by atoms with van der Waals surface area (Å²) in [5.74, 6) is -0.409. The molecule has 6 rings (SSSR count). The van der Waals surface area contributed by atoms with E-state index in [2.05, 4.69) is 5.32 Å². The quantitative estimate of drug-likeness (QED) is 0.298. The molecule has 228 valence electrons. The lowest BCUT2D eigenvalue weighted by atomic mass is 9.38. The van der Waals surface area contributed by atoms with Crippen LogP contribution < -0.4 is 5.32 Å². The highest BCUT2D eigenvalue weighted by atomic mass is 35.5. The molecule has 0 saturated heterocycles. The lowest BCUT2D eigenvalue weighted by molar-refractivity contribution is -0.157. The van der Waals surface area contributed by atoms with Crippen molar-refractivity contribution in [1.82, 2.24) is 9.62 Å². The maximum Gasteiger partial charge on any atom is 0.389 e. The van der Waals surface area contributed by atoms with Crippen molar-refractivity contribution in [2.24, 2.45) is 15.8 Å². The number of amidine groups is 1. The van der Waals surface area contributed by atoms with Gasteiger partial charge in [-0.1, -0.05) is 49.7 Å². The van der Waals surface area contributed by atoms with Crippen LogP contribution in [-0.2, 0) is 21.4 Å². The number of aliphatic imine (C=N–C) groups is 1. The second kappa shape index (κ2) is 10.0. The Kier molecular flexibility index (Phi) is 7.38. The Balaban J connectivity index is 1.38.